The lowest BCUT2D eigenvalue weighted by Crippen LogP contribution is -2.20. The summed E-state index contributed by atoms with van der Waals surface area (Å²) in [6.45, 7) is 4.10. The van der Waals surface area contributed by atoms with Gasteiger partial charge in [0.15, 0.2) is 17.3 Å². The van der Waals surface area contributed by atoms with E-state index >= 15 is 0 Å². The van der Waals surface area contributed by atoms with Crippen molar-refractivity contribution >= 4 is 0 Å². The number of methoxy groups -OCH3 is 2. The zero-order valence-electron chi connectivity index (χ0n) is 14.3. The Labute approximate surface area is 140 Å². The van der Waals surface area contributed by atoms with Crippen LogP contribution in [0.1, 0.15) is 37.0 Å². The van der Waals surface area contributed by atoms with Crippen molar-refractivity contribution in [3.63, 3.8) is 0 Å². The smallest absolute Gasteiger partial charge is 0.182 e. The number of nitrogens with zero attached hydrogens (tertiary/aromatic N) is 4. The molecule has 0 amide bonds. The highest BCUT2D eigenvalue weighted by Gasteiger charge is 2.18. The van der Waals surface area contributed by atoms with Crippen LogP contribution in [0.3, 0.4) is 0 Å². The number of rotatable bonds is 5. The summed E-state index contributed by atoms with van der Waals surface area (Å²) in [6, 6.07) is 5.75. The van der Waals surface area contributed by atoms with Gasteiger partial charge in [-0.1, -0.05) is 19.9 Å². The van der Waals surface area contributed by atoms with E-state index in [2.05, 4.69) is 15.0 Å². The van der Waals surface area contributed by atoms with Crippen LogP contribution in [0, 0.1) is 0 Å². The summed E-state index contributed by atoms with van der Waals surface area (Å²) in [5.41, 5.74) is 1.72. The van der Waals surface area contributed by atoms with Gasteiger partial charge in [-0.25, -0.2) is 19.6 Å². The highest BCUT2D eigenvalue weighted by atomic mass is 16.5. The van der Waals surface area contributed by atoms with Crippen LogP contribution in [-0.2, 0) is 6.42 Å². The van der Waals surface area contributed by atoms with Gasteiger partial charge in [0.2, 0.25) is 0 Å². The minimum atomic E-state index is 0.242. The topological polar surface area (TPSA) is 88.1 Å². The number of imidazole rings is 1. The van der Waals surface area contributed by atoms with Crippen LogP contribution < -0.4 is 15.3 Å². The van der Waals surface area contributed by atoms with Gasteiger partial charge < -0.3 is 15.3 Å². The van der Waals surface area contributed by atoms with E-state index in [-0.39, 0.29) is 5.92 Å². The molecule has 3 rings (SSSR count). The van der Waals surface area contributed by atoms with E-state index in [4.69, 9.17) is 15.3 Å². The number of hydrogen-bond acceptors (Lipinski definition) is 6. The van der Waals surface area contributed by atoms with Crippen LogP contribution in [0.4, 0.5) is 0 Å². The first-order valence-electron chi connectivity index (χ1n) is 7.73. The molecule has 1 aromatic carbocycles. The maximum atomic E-state index is 6.20. The number of ether oxygens (including phenoxy) is 2. The summed E-state index contributed by atoms with van der Waals surface area (Å²) in [5, 5.41) is 0. The van der Waals surface area contributed by atoms with Gasteiger partial charge in [-0.05, 0) is 17.7 Å². The molecule has 2 aliphatic heterocycles. The summed E-state index contributed by atoms with van der Waals surface area (Å²) in [7, 11) is 3.23. The van der Waals surface area contributed by atoms with Gasteiger partial charge in [-0.2, -0.15) is 0 Å². The number of hydrogen-bond donors (Lipinski definition) is 1. The average molecular weight is 327 g/mol. The molecule has 0 fully saturated rings. The molecule has 2 aliphatic rings. The van der Waals surface area contributed by atoms with Crippen LogP contribution in [0.15, 0.2) is 24.4 Å². The zero-order chi connectivity index (χ0) is 17.3. The predicted octanol–water partition coefficient (Wildman–Crippen LogP) is 2.22. The molecule has 0 aliphatic carbocycles. The van der Waals surface area contributed by atoms with Gasteiger partial charge in [0.1, 0.15) is 17.3 Å². The van der Waals surface area contributed by atoms with Crippen molar-refractivity contribution in [2.24, 2.45) is 0 Å². The third-order valence-electron chi connectivity index (χ3n) is 3.85. The second-order valence-corrected chi connectivity index (χ2v) is 5.86. The lowest BCUT2D eigenvalue weighted by Gasteiger charge is -2.12. The molecule has 24 heavy (non-hydrogen) atoms. The Morgan fingerprint density at radius 1 is 1.12 bits per heavy atom. The lowest BCUT2D eigenvalue weighted by molar-refractivity contribution is 0.354. The number of aromatic nitrogens is 4. The molecular formula is C17H21N5O2. The average Bonchev–Trinajstić information content (AvgIpc) is 3.02. The van der Waals surface area contributed by atoms with Crippen molar-refractivity contribution in [1.29, 1.82) is 0 Å². The number of fused-ring (bicyclic) bond motifs is 1. The van der Waals surface area contributed by atoms with E-state index in [0.717, 1.165) is 11.4 Å². The molecule has 2 N–H and O–H groups in total. The predicted molar refractivity (Wildman–Crippen MR) is 91.0 cm³/mol. The molecule has 2 heterocycles. The first kappa shape index (κ1) is 16.0. The molecule has 0 radical (unpaired) electrons. The molecule has 0 atom stereocenters. The molecule has 0 unspecified atom stereocenters. The Morgan fingerprint density at radius 2 is 1.88 bits per heavy atom. The fraction of sp³-hybridized carbons (Fsp3) is 0.353. The first-order chi connectivity index (χ1) is 11.5. The first-order valence-corrected chi connectivity index (χ1v) is 7.73. The van der Waals surface area contributed by atoms with Crippen molar-refractivity contribution in [3.05, 3.63) is 41.6 Å². The molecule has 0 saturated heterocycles. The Balaban J connectivity index is 1.96. The van der Waals surface area contributed by atoms with Gasteiger partial charge in [0.05, 0.1) is 20.4 Å². The van der Waals surface area contributed by atoms with Crippen LogP contribution in [-0.4, -0.2) is 33.8 Å². The summed E-state index contributed by atoms with van der Waals surface area (Å²) in [4.78, 5) is 13.4. The maximum Gasteiger partial charge on any atom is 0.182 e. The number of nitrogens with two attached hydrogens (primary N) is 1. The molecule has 7 heteroatoms. The summed E-state index contributed by atoms with van der Waals surface area (Å²) in [5.74, 6) is 9.92. The molecule has 0 saturated carbocycles. The number of benzene rings is 1. The van der Waals surface area contributed by atoms with E-state index in [0.29, 0.717) is 35.3 Å². The molecular weight excluding hydrogens is 306 g/mol. The monoisotopic (exact) mass is 327 g/mol. The lowest BCUT2D eigenvalue weighted by atomic mass is 10.1. The fourth-order valence-corrected chi connectivity index (χ4v) is 2.51. The quantitative estimate of drug-likeness (QED) is 0.723. The SMILES string of the molecule is COc1ccc(Cc2ncc3nc(C(C)C)nc-3n2N)cc1OC. The van der Waals surface area contributed by atoms with Gasteiger partial charge in [0, 0.05) is 12.3 Å². The van der Waals surface area contributed by atoms with Gasteiger partial charge in [-0.3, -0.25) is 0 Å². The Hall–Kier alpha value is -2.83. The van der Waals surface area contributed by atoms with E-state index in [9.17, 15) is 0 Å². The van der Waals surface area contributed by atoms with Crippen LogP contribution in [0.25, 0.3) is 11.5 Å². The molecule has 0 aromatic heterocycles. The Bertz CT molecular complexity index is 828. The minimum Gasteiger partial charge on any atom is -0.493 e. The van der Waals surface area contributed by atoms with Gasteiger partial charge in [0.25, 0.3) is 0 Å². The maximum absolute atomic E-state index is 6.20. The second-order valence-electron chi connectivity index (χ2n) is 5.86. The molecule has 7 nitrogen and oxygen atoms in total. The molecule has 126 valence electrons. The Kier molecular flexibility index (Phi) is 4.24. The van der Waals surface area contributed by atoms with Gasteiger partial charge in [-0.15, -0.1) is 0 Å². The van der Waals surface area contributed by atoms with Crippen molar-refractivity contribution in [2.45, 2.75) is 26.2 Å². The molecule has 1 aromatic rings. The van der Waals surface area contributed by atoms with Crippen LogP contribution in [0.5, 0.6) is 11.5 Å². The Morgan fingerprint density at radius 3 is 2.54 bits per heavy atom. The third kappa shape index (κ3) is 2.84. The summed E-state index contributed by atoms with van der Waals surface area (Å²) in [6.07, 6.45) is 2.27. The van der Waals surface area contributed by atoms with Crippen molar-refractivity contribution in [1.82, 2.24) is 19.6 Å². The van der Waals surface area contributed by atoms with Crippen molar-refractivity contribution in [2.75, 3.05) is 20.1 Å². The highest BCUT2D eigenvalue weighted by molar-refractivity contribution is 5.52. The third-order valence-corrected chi connectivity index (χ3v) is 3.85. The van der Waals surface area contributed by atoms with E-state index in [1.165, 1.54) is 4.68 Å². The van der Waals surface area contributed by atoms with Crippen LogP contribution in [0.2, 0.25) is 0 Å². The van der Waals surface area contributed by atoms with Crippen molar-refractivity contribution in [3.8, 4) is 23.0 Å². The normalized spacial score (nSPS) is 11.2. The largest absolute Gasteiger partial charge is 0.493 e. The summed E-state index contributed by atoms with van der Waals surface area (Å²) < 4.78 is 12.1. The molecule has 0 spiro atoms. The fourth-order valence-electron chi connectivity index (χ4n) is 2.51. The van der Waals surface area contributed by atoms with Gasteiger partial charge >= 0.3 is 0 Å². The van der Waals surface area contributed by atoms with Crippen LogP contribution >= 0.6 is 0 Å². The summed E-state index contributed by atoms with van der Waals surface area (Å²) >= 11 is 0. The minimum absolute atomic E-state index is 0.242. The van der Waals surface area contributed by atoms with Crippen molar-refractivity contribution < 1.29 is 9.47 Å². The zero-order valence-corrected chi connectivity index (χ0v) is 14.3. The second kappa shape index (κ2) is 6.35. The highest BCUT2D eigenvalue weighted by Crippen LogP contribution is 2.29. The van der Waals surface area contributed by atoms with E-state index in [1.54, 1.807) is 20.4 Å². The molecule has 0 bridgehead atoms. The van der Waals surface area contributed by atoms with E-state index < -0.39 is 0 Å². The standard InChI is InChI=1S/C17H21N5O2/c1-10(2)16-20-12-9-19-15(22(18)17(12)21-16)8-11-5-6-13(23-3)14(7-11)24-4/h5-7,9-10H,8,18H2,1-4H3. The van der Waals surface area contributed by atoms with E-state index in [1.807, 2.05) is 32.0 Å². The number of nitrogen functional groups attached to an aromatic ring is 1.